The van der Waals surface area contributed by atoms with Gasteiger partial charge in [-0.1, -0.05) is 18.2 Å². The lowest BCUT2D eigenvalue weighted by atomic mass is 10.00. The molecule has 8 nitrogen and oxygen atoms in total. The van der Waals surface area contributed by atoms with E-state index in [9.17, 15) is 14.4 Å². The number of anilines is 1. The molecule has 3 amide bonds. The number of carbonyl (C=O) groups excluding carboxylic acids is 3. The summed E-state index contributed by atoms with van der Waals surface area (Å²) >= 11 is 0. The van der Waals surface area contributed by atoms with E-state index in [0.29, 0.717) is 63.4 Å². The SMILES string of the molecule is CC(=O)NCCCOc1ccc(C(=O)N2CCC(N3C(=O)OCc4ccccc43)CC2)cc1. The first-order chi connectivity index (χ1) is 16.0. The van der Waals surface area contributed by atoms with Gasteiger partial charge in [-0.25, -0.2) is 4.79 Å². The number of piperidine rings is 1. The van der Waals surface area contributed by atoms with Gasteiger partial charge in [-0.2, -0.15) is 0 Å². The van der Waals surface area contributed by atoms with E-state index in [1.807, 2.05) is 29.2 Å². The topological polar surface area (TPSA) is 88.2 Å². The Bertz CT molecular complexity index is 999. The predicted molar refractivity (Wildman–Crippen MR) is 123 cm³/mol. The molecule has 2 aliphatic heterocycles. The Labute approximate surface area is 193 Å². The maximum Gasteiger partial charge on any atom is 0.414 e. The number of benzene rings is 2. The van der Waals surface area contributed by atoms with Crippen molar-refractivity contribution in [1.82, 2.24) is 10.2 Å². The number of cyclic esters (lactones) is 1. The van der Waals surface area contributed by atoms with Crippen LogP contribution < -0.4 is 15.0 Å². The highest BCUT2D eigenvalue weighted by Crippen LogP contribution is 2.32. The van der Waals surface area contributed by atoms with Crippen molar-refractivity contribution in [2.75, 3.05) is 31.1 Å². The van der Waals surface area contributed by atoms with E-state index in [1.54, 1.807) is 29.2 Å². The third-order valence-electron chi connectivity index (χ3n) is 5.98. The Morgan fingerprint density at radius 1 is 1.09 bits per heavy atom. The fourth-order valence-corrected chi connectivity index (χ4v) is 4.25. The van der Waals surface area contributed by atoms with Crippen LogP contribution in [0.1, 0.15) is 42.1 Å². The molecule has 174 valence electrons. The van der Waals surface area contributed by atoms with Gasteiger partial charge in [0.1, 0.15) is 12.4 Å². The second kappa shape index (κ2) is 10.4. The monoisotopic (exact) mass is 451 g/mol. The number of nitrogens with zero attached hydrogens (tertiary/aromatic N) is 2. The summed E-state index contributed by atoms with van der Waals surface area (Å²) in [6.07, 6.45) is 1.80. The molecule has 0 spiro atoms. The molecule has 33 heavy (non-hydrogen) atoms. The largest absolute Gasteiger partial charge is 0.494 e. The van der Waals surface area contributed by atoms with Crippen molar-refractivity contribution in [1.29, 1.82) is 0 Å². The molecule has 0 radical (unpaired) electrons. The van der Waals surface area contributed by atoms with Crippen molar-refractivity contribution in [3.8, 4) is 5.75 Å². The van der Waals surface area contributed by atoms with Crippen molar-refractivity contribution < 1.29 is 23.9 Å². The van der Waals surface area contributed by atoms with Gasteiger partial charge >= 0.3 is 6.09 Å². The summed E-state index contributed by atoms with van der Waals surface area (Å²) in [5, 5.41) is 2.73. The average Bonchev–Trinajstić information content (AvgIpc) is 2.84. The fourth-order valence-electron chi connectivity index (χ4n) is 4.25. The number of amides is 3. The smallest absolute Gasteiger partial charge is 0.414 e. The van der Waals surface area contributed by atoms with E-state index in [0.717, 1.165) is 11.3 Å². The van der Waals surface area contributed by atoms with Crippen LogP contribution in [0.4, 0.5) is 10.5 Å². The van der Waals surface area contributed by atoms with Crippen molar-refractivity contribution >= 4 is 23.6 Å². The molecule has 0 aliphatic carbocycles. The molecule has 0 atom stereocenters. The highest BCUT2D eigenvalue weighted by Gasteiger charge is 2.35. The summed E-state index contributed by atoms with van der Waals surface area (Å²) in [7, 11) is 0. The first-order valence-electron chi connectivity index (χ1n) is 11.3. The number of hydrogen-bond acceptors (Lipinski definition) is 5. The molecule has 1 N–H and O–H groups in total. The van der Waals surface area contributed by atoms with Gasteiger partial charge in [0.15, 0.2) is 0 Å². The van der Waals surface area contributed by atoms with E-state index in [4.69, 9.17) is 9.47 Å². The number of para-hydroxylation sites is 1. The summed E-state index contributed by atoms with van der Waals surface area (Å²) in [6, 6.07) is 14.9. The zero-order valence-electron chi connectivity index (χ0n) is 18.8. The molecule has 0 bridgehead atoms. The van der Waals surface area contributed by atoms with E-state index in [2.05, 4.69) is 5.32 Å². The van der Waals surface area contributed by atoms with Crippen molar-refractivity contribution in [2.24, 2.45) is 0 Å². The molecule has 2 aromatic carbocycles. The zero-order chi connectivity index (χ0) is 23.2. The second-order valence-electron chi connectivity index (χ2n) is 8.29. The Morgan fingerprint density at radius 3 is 2.55 bits per heavy atom. The van der Waals surface area contributed by atoms with Gasteiger partial charge in [0, 0.05) is 43.7 Å². The van der Waals surface area contributed by atoms with Crippen LogP contribution in [0.15, 0.2) is 48.5 Å². The minimum absolute atomic E-state index is 0.0104. The number of nitrogens with one attached hydrogen (secondary N) is 1. The number of likely N-dealkylation sites (tertiary alicyclic amines) is 1. The molecule has 0 saturated carbocycles. The third kappa shape index (κ3) is 5.45. The van der Waals surface area contributed by atoms with Gasteiger partial charge in [0.2, 0.25) is 5.91 Å². The van der Waals surface area contributed by atoms with Gasteiger partial charge in [0.25, 0.3) is 5.91 Å². The van der Waals surface area contributed by atoms with E-state index in [-0.39, 0.29) is 23.9 Å². The van der Waals surface area contributed by atoms with Gasteiger partial charge in [0.05, 0.1) is 12.3 Å². The molecule has 4 rings (SSSR count). The molecular weight excluding hydrogens is 422 g/mol. The van der Waals surface area contributed by atoms with E-state index >= 15 is 0 Å². The van der Waals surface area contributed by atoms with Crippen LogP contribution in [0.5, 0.6) is 5.75 Å². The molecule has 0 unspecified atom stereocenters. The van der Waals surface area contributed by atoms with Gasteiger partial charge in [-0.3, -0.25) is 14.5 Å². The second-order valence-corrected chi connectivity index (χ2v) is 8.29. The predicted octanol–water partition coefficient (Wildman–Crippen LogP) is 3.35. The molecular formula is C25H29N3O5. The lowest BCUT2D eigenvalue weighted by molar-refractivity contribution is -0.118. The van der Waals surface area contributed by atoms with Crippen LogP contribution in [-0.2, 0) is 16.1 Å². The van der Waals surface area contributed by atoms with Crippen LogP contribution in [0.3, 0.4) is 0 Å². The minimum Gasteiger partial charge on any atom is -0.494 e. The quantitative estimate of drug-likeness (QED) is 0.653. The Balaban J connectivity index is 1.29. The van der Waals surface area contributed by atoms with Crippen LogP contribution in [-0.4, -0.2) is 55.1 Å². The summed E-state index contributed by atoms with van der Waals surface area (Å²) in [6.45, 7) is 4.01. The van der Waals surface area contributed by atoms with Gasteiger partial charge in [-0.05, 0) is 49.6 Å². The Hall–Kier alpha value is -3.55. The van der Waals surface area contributed by atoms with E-state index in [1.165, 1.54) is 6.92 Å². The number of ether oxygens (including phenoxy) is 2. The molecule has 0 aromatic heterocycles. The highest BCUT2D eigenvalue weighted by atomic mass is 16.6. The third-order valence-corrected chi connectivity index (χ3v) is 5.98. The lowest BCUT2D eigenvalue weighted by Gasteiger charge is -2.40. The Kier molecular flexibility index (Phi) is 7.12. The summed E-state index contributed by atoms with van der Waals surface area (Å²) < 4.78 is 11.0. The molecule has 1 saturated heterocycles. The van der Waals surface area contributed by atoms with Crippen LogP contribution >= 0.6 is 0 Å². The minimum atomic E-state index is -0.314. The lowest BCUT2D eigenvalue weighted by Crippen LogP contribution is -2.50. The van der Waals surface area contributed by atoms with Crippen molar-refractivity contribution in [2.45, 2.75) is 38.8 Å². The molecule has 1 fully saturated rings. The van der Waals surface area contributed by atoms with E-state index < -0.39 is 0 Å². The van der Waals surface area contributed by atoms with Gasteiger partial charge < -0.3 is 19.7 Å². The highest BCUT2D eigenvalue weighted by molar-refractivity contribution is 5.94. The first-order valence-corrected chi connectivity index (χ1v) is 11.3. The molecule has 8 heteroatoms. The van der Waals surface area contributed by atoms with Crippen LogP contribution in [0.2, 0.25) is 0 Å². The number of hydrogen-bond donors (Lipinski definition) is 1. The normalized spacial score (nSPS) is 16.1. The zero-order valence-corrected chi connectivity index (χ0v) is 18.8. The number of carbonyl (C=O) groups is 3. The van der Waals surface area contributed by atoms with Crippen LogP contribution in [0.25, 0.3) is 0 Å². The van der Waals surface area contributed by atoms with Gasteiger partial charge in [-0.15, -0.1) is 0 Å². The molecule has 2 aromatic rings. The standard InChI is InChI=1S/C25H29N3O5/c1-18(29)26-13-4-16-32-22-9-7-19(8-10-22)24(30)27-14-11-21(12-15-27)28-23-6-3-2-5-20(23)17-33-25(28)31/h2-3,5-10,21H,4,11-17H2,1H3,(H,26,29). The molecule has 2 heterocycles. The summed E-state index contributed by atoms with van der Waals surface area (Å²) in [5.41, 5.74) is 2.53. The average molecular weight is 452 g/mol. The molecule has 2 aliphatic rings. The van der Waals surface area contributed by atoms with Crippen molar-refractivity contribution in [3.05, 3.63) is 59.7 Å². The van der Waals surface area contributed by atoms with Crippen molar-refractivity contribution in [3.63, 3.8) is 0 Å². The number of rotatable bonds is 7. The maximum atomic E-state index is 13.0. The fraction of sp³-hybridized carbons (Fsp3) is 0.400. The Morgan fingerprint density at radius 2 is 1.82 bits per heavy atom. The summed E-state index contributed by atoms with van der Waals surface area (Å²) in [4.78, 5) is 39.9. The first kappa shape index (κ1) is 22.6. The van der Waals surface area contributed by atoms with Crippen LogP contribution in [0, 0.1) is 0 Å². The maximum absolute atomic E-state index is 13.0. The number of fused-ring (bicyclic) bond motifs is 1. The summed E-state index contributed by atoms with van der Waals surface area (Å²) in [5.74, 6) is 0.616.